The number of hydrogen-bond acceptors (Lipinski definition) is 5. The second-order valence-electron chi connectivity index (χ2n) is 5.66. The lowest BCUT2D eigenvalue weighted by atomic mass is 10.2. The first-order valence-electron chi connectivity index (χ1n) is 7.85. The Hall–Kier alpha value is -2.83. The average molecular weight is 329 g/mol. The van der Waals surface area contributed by atoms with E-state index in [2.05, 4.69) is 10.5 Å². The van der Waals surface area contributed by atoms with Crippen molar-refractivity contribution in [1.82, 2.24) is 10.1 Å². The highest BCUT2D eigenvalue weighted by Gasteiger charge is 2.34. The summed E-state index contributed by atoms with van der Waals surface area (Å²) in [6.07, 6.45) is 1.44. The van der Waals surface area contributed by atoms with Gasteiger partial charge in [-0.25, -0.2) is 0 Å². The number of benzene rings is 1. The van der Waals surface area contributed by atoms with Crippen LogP contribution in [0.25, 0.3) is 0 Å². The van der Waals surface area contributed by atoms with Crippen LogP contribution in [0.1, 0.15) is 18.6 Å². The molecule has 2 aromatic rings. The third kappa shape index (κ3) is 3.73. The van der Waals surface area contributed by atoms with Crippen molar-refractivity contribution >= 4 is 17.5 Å². The zero-order chi connectivity index (χ0) is 16.9. The van der Waals surface area contributed by atoms with E-state index in [0.29, 0.717) is 18.7 Å². The monoisotopic (exact) mass is 329 g/mol. The van der Waals surface area contributed by atoms with Gasteiger partial charge in [-0.05, 0) is 37.1 Å². The van der Waals surface area contributed by atoms with Gasteiger partial charge < -0.3 is 19.5 Å². The summed E-state index contributed by atoms with van der Waals surface area (Å²) in [5, 5.41) is 6.52. The van der Waals surface area contributed by atoms with Gasteiger partial charge >= 0.3 is 0 Å². The predicted octanol–water partition coefficient (Wildman–Crippen LogP) is 1.99. The number of likely N-dealkylation sites (tertiary alicyclic amines) is 1. The van der Waals surface area contributed by atoms with E-state index in [0.717, 1.165) is 12.1 Å². The Morgan fingerprint density at radius 2 is 2.17 bits per heavy atom. The van der Waals surface area contributed by atoms with Crippen LogP contribution in [0.4, 0.5) is 5.69 Å². The van der Waals surface area contributed by atoms with Crippen LogP contribution in [-0.4, -0.2) is 41.1 Å². The first-order valence-corrected chi connectivity index (χ1v) is 7.85. The third-order valence-electron chi connectivity index (χ3n) is 3.87. The van der Waals surface area contributed by atoms with Crippen molar-refractivity contribution in [2.45, 2.75) is 25.8 Å². The van der Waals surface area contributed by atoms with Crippen LogP contribution in [0.2, 0.25) is 0 Å². The normalized spacial score (nSPS) is 16.9. The number of anilines is 1. The summed E-state index contributed by atoms with van der Waals surface area (Å²) < 4.78 is 10.2. The Morgan fingerprint density at radius 1 is 1.38 bits per heavy atom. The Bertz CT molecular complexity index is 714. The quantitative estimate of drug-likeness (QED) is 0.907. The minimum absolute atomic E-state index is 0.166. The molecular formula is C17H19N3O4. The van der Waals surface area contributed by atoms with Crippen LogP contribution in [-0.2, 0) is 9.59 Å². The molecule has 0 radical (unpaired) electrons. The largest absolute Gasteiger partial charge is 0.465 e. The van der Waals surface area contributed by atoms with Crippen molar-refractivity contribution in [3.05, 3.63) is 42.2 Å². The molecule has 2 heterocycles. The molecule has 2 amide bonds. The van der Waals surface area contributed by atoms with E-state index in [9.17, 15) is 9.59 Å². The Balaban J connectivity index is 1.57. The van der Waals surface area contributed by atoms with Gasteiger partial charge in [0.2, 0.25) is 5.91 Å². The second kappa shape index (κ2) is 7.16. The van der Waals surface area contributed by atoms with Gasteiger partial charge in [0.15, 0.2) is 6.61 Å². The highest BCUT2D eigenvalue weighted by molar-refractivity contribution is 5.97. The second-order valence-corrected chi connectivity index (χ2v) is 5.66. The number of ether oxygens (including phenoxy) is 1. The zero-order valence-electron chi connectivity index (χ0n) is 13.4. The van der Waals surface area contributed by atoms with Crippen molar-refractivity contribution in [2.75, 3.05) is 18.5 Å². The van der Waals surface area contributed by atoms with Crippen molar-refractivity contribution < 1.29 is 18.8 Å². The number of aromatic nitrogens is 1. The summed E-state index contributed by atoms with van der Waals surface area (Å²) in [7, 11) is 0. The molecule has 3 rings (SSSR count). The zero-order valence-corrected chi connectivity index (χ0v) is 13.4. The van der Waals surface area contributed by atoms with E-state index in [-0.39, 0.29) is 24.3 Å². The number of carbonyl (C=O) groups is 2. The molecule has 1 fully saturated rings. The van der Waals surface area contributed by atoms with Gasteiger partial charge in [-0.15, -0.1) is 0 Å². The first kappa shape index (κ1) is 16.0. The average Bonchev–Trinajstić information content (AvgIpc) is 3.22. The molecule has 1 aromatic heterocycles. The highest BCUT2D eigenvalue weighted by Crippen LogP contribution is 2.20. The van der Waals surface area contributed by atoms with E-state index in [4.69, 9.17) is 9.26 Å². The Morgan fingerprint density at radius 3 is 2.88 bits per heavy atom. The van der Waals surface area contributed by atoms with Crippen molar-refractivity contribution in [3.8, 4) is 5.88 Å². The van der Waals surface area contributed by atoms with Crippen LogP contribution < -0.4 is 10.1 Å². The van der Waals surface area contributed by atoms with Crippen molar-refractivity contribution in [2.24, 2.45) is 0 Å². The van der Waals surface area contributed by atoms with E-state index in [1.165, 1.54) is 0 Å². The fourth-order valence-electron chi connectivity index (χ4n) is 2.72. The lowest BCUT2D eigenvalue weighted by Gasteiger charge is -2.23. The third-order valence-corrected chi connectivity index (χ3v) is 3.87. The molecule has 1 aliphatic heterocycles. The van der Waals surface area contributed by atoms with Gasteiger partial charge in [-0.1, -0.05) is 18.2 Å². The maximum atomic E-state index is 12.4. The minimum Gasteiger partial charge on any atom is -0.465 e. The Kier molecular flexibility index (Phi) is 4.79. The number of aryl methyl sites for hydroxylation is 1. The standard InChI is InChI=1S/C17H19N3O4/c1-12-10-15(19-24-12)23-11-16(21)20-9-5-8-14(20)17(22)18-13-6-3-2-4-7-13/h2-4,6-7,10,14H,5,8-9,11H2,1H3,(H,18,22). The molecular weight excluding hydrogens is 310 g/mol. The Labute approximate surface area is 139 Å². The van der Waals surface area contributed by atoms with E-state index in [1.807, 2.05) is 30.3 Å². The number of nitrogens with zero attached hydrogens (tertiary/aromatic N) is 2. The maximum Gasteiger partial charge on any atom is 0.261 e. The minimum atomic E-state index is -0.472. The van der Waals surface area contributed by atoms with E-state index >= 15 is 0 Å². The molecule has 0 aliphatic carbocycles. The number of nitrogens with one attached hydrogen (secondary N) is 1. The molecule has 7 nitrogen and oxygen atoms in total. The SMILES string of the molecule is Cc1cc(OCC(=O)N2CCCC2C(=O)Nc2ccccc2)no1. The molecule has 0 saturated carbocycles. The van der Waals surface area contributed by atoms with Gasteiger partial charge in [-0.2, -0.15) is 0 Å². The summed E-state index contributed by atoms with van der Waals surface area (Å²) in [5.74, 6) is 0.467. The van der Waals surface area contributed by atoms with Gasteiger partial charge in [0, 0.05) is 18.3 Å². The smallest absolute Gasteiger partial charge is 0.261 e. The van der Waals surface area contributed by atoms with Crippen molar-refractivity contribution in [3.63, 3.8) is 0 Å². The molecule has 1 unspecified atom stereocenters. The number of carbonyl (C=O) groups excluding carboxylic acids is 2. The van der Waals surface area contributed by atoms with E-state index in [1.54, 1.807) is 17.9 Å². The van der Waals surface area contributed by atoms with Gasteiger partial charge in [0.25, 0.3) is 11.8 Å². The molecule has 1 aliphatic rings. The maximum absolute atomic E-state index is 12.4. The van der Waals surface area contributed by atoms with Crippen LogP contribution in [0.5, 0.6) is 5.88 Å². The van der Waals surface area contributed by atoms with Crippen LogP contribution in [0.3, 0.4) is 0 Å². The summed E-state index contributed by atoms with van der Waals surface area (Å²) >= 11 is 0. The molecule has 1 atom stereocenters. The number of para-hydroxylation sites is 1. The molecule has 7 heteroatoms. The number of amides is 2. The fraction of sp³-hybridized carbons (Fsp3) is 0.353. The summed E-state index contributed by atoms with van der Waals surface area (Å²) in [4.78, 5) is 26.4. The summed E-state index contributed by atoms with van der Waals surface area (Å²) in [6.45, 7) is 2.13. The van der Waals surface area contributed by atoms with Gasteiger partial charge in [0.05, 0.1) is 0 Å². The number of hydrogen-bond donors (Lipinski definition) is 1. The van der Waals surface area contributed by atoms with Crippen LogP contribution in [0, 0.1) is 6.92 Å². The molecule has 1 N–H and O–H groups in total. The topological polar surface area (TPSA) is 84.7 Å². The predicted molar refractivity (Wildman–Crippen MR) is 86.5 cm³/mol. The van der Waals surface area contributed by atoms with Crippen molar-refractivity contribution in [1.29, 1.82) is 0 Å². The van der Waals surface area contributed by atoms with Gasteiger partial charge in [0.1, 0.15) is 11.8 Å². The molecule has 0 bridgehead atoms. The lowest BCUT2D eigenvalue weighted by molar-refractivity contribution is -0.138. The molecule has 1 aromatic carbocycles. The number of rotatable bonds is 5. The van der Waals surface area contributed by atoms with E-state index < -0.39 is 6.04 Å². The summed E-state index contributed by atoms with van der Waals surface area (Å²) in [5.41, 5.74) is 0.719. The lowest BCUT2D eigenvalue weighted by Crippen LogP contribution is -2.45. The van der Waals surface area contributed by atoms with Crippen LogP contribution in [0.15, 0.2) is 40.9 Å². The van der Waals surface area contributed by atoms with Crippen LogP contribution >= 0.6 is 0 Å². The fourth-order valence-corrected chi connectivity index (χ4v) is 2.72. The highest BCUT2D eigenvalue weighted by atomic mass is 16.5. The summed E-state index contributed by atoms with van der Waals surface area (Å²) in [6, 6.07) is 10.3. The first-order chi connectivity index (χ1) is 11.6. The molecule has 0 spiro atoms. The molecule has 126 valence electrons. The molecule has 24 heavy (non-hydrogen) atoms. The van der Waals surface area contributed by atoms with Gasteiger partial charge in [-0.3, -0.25) is 9.59 Å². The molecule has 1 saturated heterocycles.